The Morgan fingerprint density at radius 1 is 1.19 bits per heavy atom. The highest BCUT2D eigenvalue weighted by molar-refractivity contribution is 5.89. The van der Waals surface area contributed by atoms with Gasteiger partial charge in [0, 0.05) is 5.54 Å². The van der Waals surface area contributed by atoms with Gasteiger partial charge in [-0.1, -0.05) is 6.07 Å². The lowest BCUT2D eigenvalue weighted by Crippen LogP contribution is -2.61. The largest absolute Gasteiger partial charge is 0.423 e. The molecule has 4 aliphatic carbocycles. The molecule has 1 aromatic carbocycles. The molecule has 0 saturated heterocycles. The number of ether oxygens (including phenoxy) is 1. The number of carbonyl (C=O) groups excluding carboxylic acids is 2. The van der Waals surface area contributed by atoms with Crippen LogP contribution in [0.25, 0.3) is 0 Å². The lowest BCUT2D eigenvalue weighted by molar-refractivity contribution is -0.133. The normalized spacial score (nSPS) is 34.4. The van der Waals surface area contributed by atoms with Crippen molar-refractivity contribution in [1.82, 2.24) is 5.32 Å². The number of benzene rings is 1. The molecule has 0 unspecified atom stereocenters. The van der Waals surface area contributed by atoms with E-state index in [0.717, 1.165) is 48.3 Å². The van der Waals surface area contributed by atoms with Crippen LogP contribution in [0.15, 0.2) is 18.2 Å². The maximum absolute atomic E-state index is 12.9. The molecule has 5 aliphatic rings. The minimum atomic E-state index is -0.300. The molecule has 1 amide bonds. The Morgan fingerprint density at radius 2 is 1.85 bits per heavy atom. The van der Waals surface area contributed by atoms with Gasteiger partial charge in [0.15, 0.2) is 5.75 Å². The lowest BCUT2D eigenvalue weighted by atomic mass is 9.53. The van der Waals surface area contributed by atoms with E-state index in [1.54, 1.807) is 0 Å². The molecule has 0 atom stereocenters. The van der Waals surface area contributed by atoms with Crippen LogP contribution in [-0.4, -0.2) is 30.5 Å². The van der Waals surface area contributed by atoms with Crippen molar-refractivity contribution in [3.05, 3.63) is 23.8 Å². The van der Waals surface area contributed by atoms with E-state index in [0.29, 0.717) is 5.75 Å². The second-order valence-electron chi connectivity index (χ2n) is 9.05. The number of aryl methyl sites for hydroxylation is 1. The average Bonchev–Trinajstić information content (AvgIpc) is 2.52. The van der Waals surface area contributed by atoms with E-state index in [4.69, 9.17) is 4.74 Å². The Hall–Kier alpha value is -2.04. The quantitative estimate of drug-likeness (QED) is 0.670. The molecule has 4 saturated carbocycles. The zero-order valence-electron chi connectivity index (χ0n) is 15.3. The predicted octanol–water partition coefficient (Wildman–Crippen LogP) is 2.81. The van der Waals surface area contributed by atoms with Gasteiger partial charge in [-0.3, -0.25) is 4.79 Å². The number of nitrogens with one attached hydrogen (secondary N) is 1. The number of fused-ring (bicyclic) bond motifs is 1. The average molecular weight is 354 g/mol. The Kier molecular flexibility index (Phi) is 3.56. The van der Waals surface area contributed by atoms with E-state index in [2.05, 4.69) is 5.32 Å². The summed E-state index contributed by atoms with van der Waals surface area (Å²) in [6.45, 7) is 2.31. The van der Waals surface area contributed by atoms with Crippen LogP contribution in [0.5, 0.6) is 5.75 Å². The summed E-state index contributed by atoms with van der Waals surface area (Å²) in [6.07, 6.45) is 7.51. The second kappa shape index (κ2) is 5.73. The van der Waals surface area contributed by atoms with E-state index in [1.165, 1.54) is 19.3 Å². The first kappa shape index (κ1) is 16.2. The fourth-order valence-corrected chi connectivity index (χ4v) is 6.27. The van der Waals surface area contributed by atoms with Gasteiger partial charge < -0.3 is 15.0 Å². The third-order valence-corrected chi connectivity index (χ3v) is 6.78. The number of esters is 1. The van der Waals surface area contributed by atoms with Crippen molar-refractivity contribution in [2.45, 2.75) is 51.0 Å². The molecule has 0 radical (unpaired) electrons. The monoisotopic (exact) mass is 354 g/mol. The van der Waals surface area contributed by atoms with Crippen molar-refractivity contribution in [3.63, 3.8) is 0 Å². The van der Waals surface area contributed by atoms with Crippen LogP contribution in [-0.2, 0) is 9.59 Å². The topological polar surface area (TPSA) is 58.6 Å². The Bertz CT molecular complexity index is 737. The van der Waals surface area contributed by atoms with Crippen LogP contribution < -0.4 is 15.0 Å². The molecule has 1 N–H and O–H groups in total. The van der Waals surface area contributed by atoms with Crippen molar-refractivity contribution in [1.29, 1.82) is 0 Å². The van der Waals surface area contributed by atoms with E-state index < -0.39 is 0 Å². The molecule has 1 heterocycles. The number of nitrogens with zero attached hydrogens (tertiary/aromatic N) is 1. The van der Waals surface area contributed by atoms with E-state index >= 15 is 0 Å². The first-order valence-electron chi connectivity index (χ1n) is 9.85. The molecule has 5 nitrogen and oxygen atoms in total. The Morgan fingerprint density at radius 3 is 2.50 bits per heavy atom. The van der Waals surface area contributed by atoms with Crippen LogP contribution >= 0.6 is 0 Å². The molecule has 4 fully saturated rings. The van der Waals surface area contributed by atoms with Crippen molar-refractivity contribution in [2.24, 2.45) is 17.8 Å². The van der Waals surface area contributed by atoms with Gasteiger partial charge in [0.2, 0.25) is 5.91 Å². The van der Waals surface area contributed by atoms with E-state index in [9.17, 15) is 9.59 Å². The Balaban J connectivity index is 1.31. The predicted molar refractivity (Wildman–Crippen MR) is 98.1 cm³/mol. The van der Waals surface area contributed by atoms with Crippen LogP contribution in [0.1, 0.15) is 44.1 Å². The Labute approximate surface area is 154 Å². The van der Waals surface area contributed by atoms with Gasteiger partial charge in [-0.25, -0.2) is 4.79 Å². The van der Waals surface area contributed by atoms with Crippen LogP contribution in [0.3, 0.4) is 0 Å². The molecule has 0 spiro atoms. The first-order chi connectivity index (χ1) is 12.5. The third kappa shape index (κ3) is 2.78. The van der Waals surface area contributed by atoms with Crippen molar-refractivity contribution in [3.8, 4) is 5.75 Å². The molecule has 4 bridgehead atoms. The van der Waals surface area contributed by atoms with E-state index in [1.807, 2.05) is 30.0 Å². The van der Waals surface area contributed by atoms with Gasteiger partial charge in [-0.05, 0) is 80.9 Å². The van der Waals surface area contributed by atoms with E-state index in [-0.39, 0.29) is 30.5 Å². The van der Waals surface area contributed by atoms with Gasteiger partial charge in [0.1, 0.15) is 6.54 Å². The summed E-state index contributed by atoms with van der Waals surface area (Å²) in [6, 6.07) is 5.79. The highest BCUT2D eigenvalue weighted by Crippen LogP contribution is 2.55. The number of carbonyl (C=O) groups is 2. The molecule has 0 aromatic heterocycles. The molecule has 138 valence electrons. The lowest BCUT2D eigenvalue weighted by Gasteiger charge is -2.57. The fourth-order valence-electron chi connectivity index (χ4n) is 6.27. The van der Waals surface area contributed by atoms with Crippen molar-refractivity contribution in [2.75, 3.05) is 18.0 Å². The van der Waals surface area contributed by atoms with Gasteiger partial charge in [-0.15, -0.1) is 0 Å². The number of hydrogen-bond donors (Lipinski definition) is 1. The number of hydrogen-bond acceptors (Lipinski definition) is 4. The minimum Gasteiger partial charge on any atom is -0.423 e. The minimum absolute atomic E-state index is 0.0121. The maximum Gasteiger partial charge on any atom is 0.331 e. The summed E-state index contributed by atoms with van der Waals surface area (Å²) >= 11 is 0. The molecule has 5 heteroatoms. The van der Waals surface area contributed by atoms with Gasteiger partial charge in [-0.2, -0.15) is 0 Å². The van der Waals surface area contributed by atoms with Crippen molar-refractivity contribution < 1.29 is 14.3 Å². The van der Waals surface area contributed by atoms with Crippen LogP contribution in [0, 0.1) is 24.7 Å². The highest BCUT2D eigenvalue weighted by atomic mass is 16.5. The SMILES string of the molecule is Cc1ccc2c(c1)OC(=O)CN2CC(=O)NC12CC3CC(CC(C3)C1)C2. The summed E-state index contributed by atoms with van der Waals surface area (Å²) in [5, 5.41) is 3.40. The molecular formula is C21H26N2O3. The summed E-state index contributed by atoms with van der Waals surface area (Å²) < 4.78 is 5.35. The standard InChI is InChI=1S/C21H26N2O3/c1-13-2-3-17-18(4-13)26-20(25)12-23(17)11-19(24)22-21-8-14-5-15(9-21)7-16(6-14)10-21/h2-4,14-16H,5-12H2,1H3,(H,22,24). The number of anilines is 1. The van der Waals surface area contributed by atoms with Crippen molar-refractivity contribution >= 4 is 17.6 Å². The number of amides is 1. The van der Waals surface area contributed by atoms with Gasteiger partial charge >= 0.3 is 5.97 Å². The van der Waals surface area contributed by atoms with Gasteiger partial charge in [0.25, 0.3) is 0 Å². The van der Waals surface area contributed by atoms with Crippen LogP contribution in [0.2, 0.25) is 0 Å². The molecule has 26 heavy (non-hydrogen) atoms. The number of rotatable bonds is 3. The molecular weight excluding hydrogens is 328 g/mol. The highest BCUT2D eigenvalue weighted by Gasteiger charge is 2.51. The summed E-state index contributed by atoms with van der Waals surface area (Å²) in [5.74, 6) is 2.70. The maximum atomic E-state index is 12.9. The summed E-state index contributed by atoms with van der Waals surface area (Å²) in [5.41, 5.74) is 1.88. The molecule has 6 rings (SSSR count). The smallest absolute Gasteiger partial charge is 0.331 e. The first-order valence-corrected chi connectivity index (χ1v) is 9.85. The fraction of sp³-hybridized carbons (Fsp3) is 0.619. The second-order valence-corrected chi connectivity index (χ2v) is 9.05. The zero-order valence-corrected chi connectivity index (χ0v) is 15.3. The third-order valence-electron chi connectivity index (χ3n) is 6.78. The van der Waals surface area contributed by atoms with Gasteiger partial charge in [0.05, 0.1) is 12.2 Å². The summed E-state index contributed by atoms with van der Waals surface area (Å²) in [7, 11) is 0. The summed E-state index contributed by atoms with van der Waals surface area (Å²) in [4.78, 5) is 26.7. The zero-order chi connectivity index (χ0) is 17.9. The molecule has 1 aromatic rings. The molecule has 1 aliphatic heterocycles. The van der Waals surface area contributed by atoms with Crippen LogP contribution in [0.4, 0.5) is 5.69 Å².